The van der Waals surface area contributed by atoms with Crippen molar-refractivity contribution in [3.63, 3.8) is 0 Å². The molecule has 8 heteroatoms. The predicted molar refractivity (Wildman–Crippen MR) is 94.3 cm³/mol. The third kappa shape index (κ3) is 3.79. The van der Waals surface area contributed by atoms with Crippen molar-refractivity contribution in [2.75, 3.05) is 12.3 Å². The van der Waals surface area contributed by atoms with Crippen molar-refractivity contribution in [2.24, 2.45) is 17.8 Å². The van der Waals surface area contributed by atoms with Gasteiger partial charge in [-0.3, -0.25) is 14.9 Å². The first-order valence-electron chi connectivity index (χ1n) is 8.85. The highest BCUT2D eigenvalue weighted by atomic mass is 16.6. The monoisotopic (exact) mass is 361 g/mol. The summed E-state index contributed by atoms with van der Waals surface area (Å²) in [5, 5.41) is 13.6. The van der Waals surface area contributed by atoms with Crippen LogP contribution in [-0.4, -0.2) is 29.4 Å². The van der Waals surface area contributed by atoms with Crippen molar-refractivity contribution in [3.8, 4) is 0 Å². The fourth-order valence-corrected chi connectivity index (χ4v) is 4.37. The molecule has 8 nitrogen and oxygen atoms in total. The van der Waals surface area contributed by atoms with Gasteiger partial charge in [0.1, 0.15) is 0 Å². The summed E-state index contributed by atoms with van der Waals surface area (Å²) in [5.74, 6) is 0.859. The number of fused-ring (bicyclic) bond motifs is 2. The first-order valence-corrected chi connectivity index (χ1v) is 8.85. The first-order chi connectivity index (χ1) is 12.3. The number of nitrogen functional groups attached to an aromatic ring is 1. The Morgan fingerprint density at radius 3 is 2.73 bits per heavy atom. The Labute approximate surface area is 151 Å². The molecule has 140 valence electrons. The maximum atomic E-state index is 12.1. The summed E-state index contributed by atoms with van der Waals surface area (Å²) in [6.45, 7) is 1.60. The number of ether oxygens (including phenoxy) is 1. The van der Waals surface area contributed by atoms with E-state index in [0.29, 0.717) is 11.8 Å². The van der Waals surface area contributed by atoms with Crippen LogP contribution in [0.4, 0.5) is 11.4 Å². The molecule has 1 aromatic rings. The zero-order valence-electron chi connectivity index (χ0n) is 14.6. The van der Waals surface area contributed by atoms with Crippen LogP contribution >= 0.6 is 0 Å². The zero-order chi connectivity index (χ0) is 18.8. The van der Waals surface area contributed by atoms with E-state index < -0.39 is 17.5 Å². The summed E-state index contributed by atoms with van der Waals surface area (Å²) in [6, 6.07) is 3.55. The lowest BCUT2D eigenvalue weighted by Crippen LogP contribution is -2.42. The molecule has 2 aliphatic rings. The summed E-state index contributed by atoms with van der Waals surface area (Å²) >= 11 is 0. The van der Waals surface area contributed by atoms with Crippen LogP contribution in [0.1, 0.15) is 43.0 Å². The molecule has 2 fully saturated rings. The Kier molecular flexibility index (Phi) is 5.11. The van der Waals surface area contributed by atoms with Gasteiger partial charge >= 0.3 is 5.97 Å². The predicted octanol–water partition coefficient (Wildman–Crippen LogP) is 2.27. The number of non-ortho nitro benzene ring substituents is 1. The molecule has 0 saturated heterocycles. The third-order valence-corrected chi connectivity index (χ3v) is 5.62. The van der Waals surface area contributed by atoms with E-state index in [1.165, 1.54) is 31.4 Å². The van der Waals surface area contributed by atoms with Crippen LogP contribution < -0.4 is 11.1 Å². The van der Waals surface area contributed by atoms with Gasteiger partial charge in [-0.25, -0.2) is 4.79 Å². The molecule has 26 heavy (non-hydrogen) atoms. The number of hydrogen-bond donors (Lipinski definition) is 2. The van der Waals surface area contributed by atoms with Crippen molar-refractivity contribution in [2.45, 2.75) is 38.6 Å². The lowest BCUT2D eigenvalue weighted by Gasteiger charge is -2.28. The second kappa shape index (κ2) is 7.31. The summed E-state index contributed by atoms with van der Waals surface area (Å²) in [5.41, 5.74) is 5.40. The standard InChI is InChI=1S/C18H23N3O5/c1-10(15-7-11-2-3-12(15)6-11)20-17(22)9-26-18(23)14-5-4-13(21(24)25)8-16(14)19/h4-5,8,10-12,15H,2-3,6-7,9,19H2,1H3,(H,20,22)/t10-,11+,12+,15-/m0/s1. The molecule has 0 radical (unpaired) electrons. The van der Waals surface area contributed by atoms with Gasteiger partial charge in [-0.1, -0.05) is 6.42 Å². The van der Waals surface area contributed by atoms with Crippen molar-refractivity contribution in [1.82, 2.24) is 5.32 Å². The van der Waals surface area contributed by atoms with Crippen molar-refractivity contribution in [1.29, 1.82) is 0 Å². The van der Waals surface area contributed by atoms with E-state index in [1.807, 2.05) is 6.92 Å². The van der Waals surface area contributed by atoms with Crippen LogP contribution in [-0.2, 0) is 9.53 Å². The first kappa shape index (κ1) is 18.2. The summed E-state index contributed by atoms with van der Waals surface area (Å²) in [4.78, 5) is 34.2. The third-order valence-electron chi connectivity index (χ3n) is 5.62. The number of nitrogens with two attached hydrogens (primary N) is 1. The summed E-state index contributed by atoms with van der Waals surface area (Å²) in [6.07, 6.45) is 4.96. The smallest absolute Gasteiger partial charge is 0.340 e. The Balaban J connectivity index is 1.49. The number of amides is 1. The van der Waals surface area contributed by atoms with Gasteiger partial charge in [-0.15, -0.1) is 0 Å². The van der Waals surface area contributed by atoms with Gasteiger partial charge in [-0.05, 0) is 50.0 Å². The number of nitro benzene ring substituents is 1. The van der Waals surface area contributed by atoms with E-state index in [4.69, 9.17) is 10.5 Å². The van der Waals surface area contributed by atoms with Crippen LogP contribution in [0.25, 0.3) is 0 Å². The van der Waals surface area contributed by atoms with Gasteiger partial charge in [0, 0.05) is 18.2 Å². The minimum absolute atomic E-state index is 0.00421. The zero-order valence-corrected chi connectivity index (χ0v) is 14.6. The minimum atomic E-state index is -0.778. The lowest BCUT2D eigenvalue weighted by molar-refractivity contribution is -0.384. The molecule has 0 heterocycles. The Hall–Kier alpha value is -2.64. The topological polar surface area (TPSA) is 125 Å². The molecular formula is C18H23N3O5. The summed E-state index contributed by atoms with van der Waals surface area (Å²) in [7, 11) is 0. The number of carbonyl (C=O) groups excluding carboxylic acids is 2. The van der Waals surface area contributed by atoms with E-state index in [2.05, 4.69) is 5.32 Å². The minimum Gasteiger partial charge on any atom is -0.452 e. The normalized spacial score (nSPS) is 24.9. The highest BCUT2D eigenvalue weighted by Gasteiger charge is 2.42. The van der Waals surface area contributed by atoms with Crippen molar-refractivity contribution < 1.29 is 19.2 Å². The molecule has 1 aromatic carbocycles. The maximum Gasteiger partial charge on any atom is 0.340 e. The van der Waals surface area contributed by atoms with E-state index in [0.717, 1.165) is 18.4 Å². The number of carbonyl (C=O) groups is 2. The molecule has 0 aromatic heterocycles. The number of nitrogens with zero attached hydrogens (tertiary/aromatic N) is 1. The Morgan fingerprint density at radius 1 is 1.38 bits per heavy atom. The highest BCUT2D eigenvalue weighted by Crippen LogP contribution is 2.49. The second-order valence-corrected chi connectivity index (χ2v) is 7.30. The number of benzene rings is 1. The molecule has 2 saturated carbocycles. The second-order valence-electron chi connectivity index (χ2n) is 7.30. The van der Waals surface area contributed by atoms with Crippen molar-refractivity contribution in [3.05, 3.63) is 33.9 Å². The molecule has 4 atom stereocenters. The number of nitrogens with one attached hydrogen (secondary N) is 1. The van der Waals surface area contributed by atoms with E-state index >= 15 is 0 Å². The van der Waals surface area contributed by atoms with Crippen LogP contribution in [0.5, 0.6) is 0 Å². The molecule has 2 aliphatic carbocycles. The number of hydrogen-bond acceptors (Lipinski definition) is 6. The summed E-state index contributed by atoms with van der Waals surface area (Å²) < 4.78 is 5.00. The molecular weight excluding hydrogens is 338 g/mol. The molecule has 2 bridgehead atoms. The van der Waals surface area contributed by atoms with E-state index in [9.17, 15) is 19.7 Å². The van der Waals surface area contributed by atoms with Gasteiger partial charge in [0.05, 0.1) is 16.2 Å². The van der Waals surface area contributed by atoms with Crippen LogP contribution in [0.2, 0.25) is 0 Å². The SMILES string of the molecule is C[C@H](NC(=O)COC(=O)c1ccc([N+](=O)[O-])cc1N)[C@@H]1C[C@@H]2CC[C@@H]1C2. The van der Waals surface area contributed by atoms with Crippen LogP contribution in [0.15, 0.2) is 18.2 Å². The van der Waals surface area contributed by atoms with E-state index in [-0.39, 0.29) is 28.9 Å². The van der Waals surface area contributed by atoms with Gasteiger partial charge in [0.25, 0.3) is 11.6 Å². The molecule has 0 aliphatic heterocycles. The average Bonchev–Trinajstić information content (AvgIpc) is 3.22. The molecule has 0 spiro atoms. The highest BCUT2D eigenvalue weighted by molar-refractivity contribution is 5.96. The van der Waals surface area contributed by atoms with Crippen molar-refractivity contribution >= 4 is 23.3 Å². The Bertz CT molecular complexity index is 736. The fraction of sp³-hybridized carbons (Fsp3) is 0.556. The largest absolute Gasteiger partial charge is 0.452 e. The van der Waals surface area contributed by atoms with Gasteiger partial charge in [0.15, 0.2) is 6.61 Å². The quantitative estimate of drug-likeness (QED) is 0.347. The Morgan fingerprint density at radius 2 is 2.15 bits per heavy atom. The molecule has 3 rings (SSSR count). The maximum absolute atomic E-state index is 12.1. The molecule has 3 N–H and O–H groups in total. The molecule has 1 amide bonds. The van der Waals surface area contributed by atoms with E-state index in [1.54, 1.807) is 0 Å². The number of anilines is 1. The number of esters is 1. The lowest BCUT2D eigenvalue weighted by atomic mass is 9.84. The fourth-order valence-electron chi connectivity index (χ4n) is 4.37. The number of rotatable bonds is 6. The van der Waals surface area contributed by atoms with Crippen LogP contribution in [0.3, 0.4) is 0 Å². The van der Waals surface area contributed by atoms with Gasteiger partial charge < -0.3 is 15.8 Å². The van der Waals surface area contributed by atoms with Gasteiger partial charge in [-0.2, -0.15) is 0 Å². The average molecular weight is 361 g/mol. The number of nitro groups is 1. The van der Waals surface area contributed by atoms with Crippen LogP contribution in [0, 0.1) is 27.9 Å². The van der Waals surface area contributed by atoms with Gasteiger partial charge in [0.2, 0.25) is 0 Å². The molecule has 0 unspecified atom stereocenters.